The van der Waals surface area contributed by atoms with E-state index in [1.807, 2.05) is 6.07 Å². The Labute approximate surface area is 127 Å². The first-order chi connectivity index (χ1) is 10.1. The molecule has 0 radical (unpaired) electrons. The van der Waals surface area contributed by atoms with E-state index in [1.165, 1.54) is 0 Å². The zero-order chi connectivity index (χ0) is 15.3. The minimum Gasteiger partial charge on any atom is -0.377 e. The van der Waals surface area contributed by atoms with Gasteiger partial charge in [-0.3, -0.25) is 0 Å². The molecule has 0 aromatic heterocycles. The van der Waals surface area contributed by atoms with Crippen LogP contribution in [0.15, 0.2) is 18.2 Å². The molecule has 1 atom stereocenters. The Morgan fingerprint density at radius 1 is 1.48 bits per heavy atom. The average molecular weight is 287 g/mol. The SMILES string of the molecule is CCNCc1ccc(N2CCCC(C)(OC)C2)c(C#N)c1. The molecule has 0 saturated carbocycles. The van der Waals surface area contributed by atoms with Crippen molar-refractivity contribution in [1.29, 1.82) is 5.26 Å². The fraction of sp³-hybridized carbons (Fsp3) is 0.588. The molecule has 1 unspecified atom stereocenters. The minimum atomic E-state index is -0.118. The molecule has 0 bridgehead atoms. The van der Waals surface area contributed by atoms with E-state index in [-0.39, 0.29) is 5.60 Å². The number of piperidine rings is 1. The van der Waals surface area contributed by atoms with Gasteiger partial charge in [-0.2, -0.15) is 5.26 Å². The van der Waals surface area contributed by atoms with E-state index in [2.05, 4.69) is 42.3 Å². The number of hydrogen-bond acceptors (Lipinski definition) is 4. The Morgan fingerprint density at radius 2 is 2.29 bits per heavy atom. The smallest absolute Gasteiger partial charge is 0.101 e. The second-order valence-electron chi connectivity index (χ2n) is 5.92. The summed E-state index contributed by atoms with van der Waals surface area (Å²) in [6.45, 7) is 7.79. The van der Waals surface area contributed by atoms with Gasteiger partial charge in [0.1, 0.15) is 6.07 Å². The van der Waals surface area contributed by atoms with Gasteiger partial charge in [-0.25, -0.2) is 0 Å². The Hall–Kier alpha value is -1.57. The van der Waals surface area contributed by atoms with E-state index < -0.39 is 0 Å². The summed E-state index contributed by atoms with van der Waals surface area (Å²) in [5, 5.41) is 12.8. The Balaban J connectivity index is 2.21. The lowest BCUT2D eigenvalue weighted by atomic mass is 9.93. The highest BCUT2D eigenvalue weighted by atomic mass is 16.5. The molecule has 2 rings (SSSR count). The van der Waals surface area contributed by atoms with Crippen LogP contribution in [-0.2, 0) is 11.3 Å². The van der Waals surface area contributed by atoms with Crippen molar-refractivity contribution in [3.8, 4) is 6.07 Å². The molecule has 1 saturated heterocycles. The van der Waals surface area contributed by atoms with Gasteiger partial charge in [0.25, 0.3) is 0 Å². The third kappa shape index (κ3) is 3.75. The number of ether oxygens (including phenoxy) is 1. The van der Waals surface area contributed by atoms with Crippen molar-refractivity contribution in [2.75, 3.05) is 31.6 Å². The zero-order valence-corrected chi connectivity index (χ0v) is 13.3. The van der Waals surface area contributed by atoms with Crippen molar-refractivity contribution < 1.29 is 4.74 Å². The van der Waals surface area contributed by atoms with Gasteiger partial charge < -0.3 is 15.0 Å². The van der Waals surface area contributed by atoms with Crippen LogP contribution in [0.3, 0.4) is 0 Å². The Kier molecular flexibility index (Phi) is 5.22. The predicted octanol–water partition coefficient (Wildman–Crippen LogP) is 2.67. The summed E-state index contributed by atoms with van der Waals surface area (Å²) >= 11 is 0. The van der Waals surface area contributed by atoms with E-state index in [0.717, 1.165) is 55.8 Å². The molecule has 4 nitrogen and oxygen atoms in total. The maximum Gasteiger partial charge on any atom is 0.101 e. The van der Waals surface area contributed by atoms with Crippen molar-refractivity contribution in [2.45, 2.75) is 38.8 Å². The van der Waals surface area contributed by atoms with Crippen molar-refractivity contribution in [1.82, 2.24) is 5.32 Å². The lowest BCUT2D eigenvalue weighted by Crippen LogP contribution is -2.47. The van der Waals surface area contributed by atoms with Gasteiger partial charge >= 0.3 is 0 Å². The first kappa shape index (κ1) is 15.8. The van der Waals surface area contributed by atoms with E-state index in [4.69, 9.17) is 4.74 Å². The summed E-state index contributed by atoms with van der Waals surface area (Å²) in [6, 6.07) is 8.53. The molecule has 1 aliphatic rings. The van der Waals surface area contributed by atoms with Gasteiger partial charge in [-0.15, -0.1) is 0 Å². The number of benzene rings is 1. The van der Waals surface area contributed by atoms with Crippen LogP contribution >= 0.6 is 0 Å². The quantitative estimate of drug-likeness (QED) is 0.904. The summed E-state index contributed by atoms with van der Waals surface area (Å²) in [6.07, 6.45) is 2.16. The number of methoxy groups -OCH3 is 1. The van der Waals surface area contributed by atoms with Crippen molar-refractivity contribution in [2.24, 2.45) is 0 Å². The van der Waals surface area contributed by atoms with Gasteiger partial charge in [-0.05, 0) is 44.0 Å². The van der Waals surface area contributed by atoms with Crippen LogP contribution in [0.5, 0.6) is 0 Å². The van der Waals surface area contributed by atoms with Crippen molar-refractivity contribution in [3.05, 3.63) is 29.3 Å². The highest BCUT2D eigenvalue weighted by Gasteiger charge is 2.31. The van der Waals surface area contributed by atoms with Crippen molar-refractivity contribution in [3.63, 3.8) is 0 Å². The maximum atomic E-state index is 9.46. The molecule has 1 aliphatic heterocycles. The molecule has 1 aromatic carbocycles. The monoisotopic (exact) mass is 287 g/mol. The van der Waals surface area contributed by atoms with E-state index >= 15 is 0 Å². The zero-order valence-electron chi connectivity index (χ0n) is 13.3. The first-order valence-electron chi connectivity index (χ1n) is 7.65. The van der Waals surface area contributed by atoms with Crippen LogP contribution in [0.25, 0.3) is 0 Å². The maximum absolute atomic E-state index is 9.46. The summed E-state index contributed by atoms with van der Waals surface area (Å²) in [4.78, 5) is 2.28. The molecule has 0 spiro atoms. The number of anilines is 1. The van der Waals surface area contributed by atoms with E-state index in [9.17, 15) is 5.26 Å². The van der Waals surface area contributed by atoms with Gasteiger partial charge in [-0.1, -0.05) is 13.0 Å². The summed E-state index contributed by atoms with van der Waals surface area (Å²) < 4.78 is 5.65. The topological polar surface area (TPSA) is 48.3 Å². The second-order valence-corrected chi connectivity index (χ2v) is 5.92. The van der Waals surface area contributed by atoms with Gasteiger partial charge in [0.2, 0.25) is 0 Å². The molecule has 0 amide bonds. The van der Waals surface area contributed by atoms with Crippen LogP contribution in [-0.4, -0.2) is 32.3 Å². The highest BCUT2D eigenvalue weighted by molar-refractivity contribution is 5.61. The molecule has 114 valence electrons. The standard InChI is InChI=1S/C17H25N3O/c1-4-19-12-14-6-7-16(15(10-14)11-18)20-9-5-8-17(2,13-20)21-3/h6-7,10,19H,4-5,8-9,12-13H2,1-3H3. The molecule has 21 heavy (non-hydrogen) atoms. The number of nitriles is 1. The summed E-state index contributed by atoms with van der Waals surface area (Å²) in [7, 11) is 1.77. The Morgan fingerprint density at radius 3 is 2.95 bits per heavy atom. The Bertz CT molecular complexity index is 523. The number of rotatable bonds is 5. The molecule has 0 aliphatic carbocycles. The van der Waals surface area contributed by atoms with Gasteiger partial charge in [0, 0.05) is 26.7 Å². The highest BCUT2D eigenvalue weighted by Crippen LogP contribution is 2.30. The van der Waals surface area contributed by atoms with E-state index in [1.54, 1.807) is 7.11 Å². The van der Waals surface area contributed by atoms with Crippen LogP contribution in [0.4, 0.5) is 5.69 Å². The fourth-order valence-corrected chi connectivity index (χ4v) is 2.91. The number of nitrogens with zero attached hydrogens (tertiary/aromatic N) is 2. The fourth-order valence-electron chi connectivity index (χ4n) is 2.91. The van der Waals surface area contributed by atoms with Gasteiger partial charge in [0.05, 0.1) is 16.9 Å². The lowest BCUT2D eigenvalue weighted by molar-refractivity contribution is -0.00466. The molecule has 1 aromatic rings. The summed E-state index contributed by atoms with van der Waals surface area (Å²) in [5.74, 6) is 0. The third-order valence-corrected chi connectivity index (χ3v) is 4.25. The van der Waals surface area contributed by atoms with Gasteiger partial charge in [0.15, 0.2) is 0 Å². The largest absolute Gasteiger partial charge is 0.377 e. The molecule has 1 heterocycles. The second kappa shape index (κ2) is 6.93. The van der Waals surface area contributed by atoms with Crippen LogP contribution in [0.1, 0.15) is 37.8 Å². The molecule has 1 fully saturated rings. The molecule has 1 N–H and O–H groups in total. The predicted molar refractivity (Wildman–Crippen MR) is 85.4 cm³/mol. The summed E-state index contributed by atoms with van der Waals surface area (Å²) in [5.41, 5.74) is 2.82. The first-order valence-corrected chi connectivity index (χ1v) is 7.65. The van der Waals surface area contributed by atoms with E-state index in [0.29, 0.717) is 0 Å². The molecular weight excluding hydrogens is 262 g/mol. The normalized spacial score (nSPS) is 22.1. The van der Waals surface area contributed by atoms with Crippen LogP contribution in [0, 0.1) is 11.3 Å². The molecule has 4 heteroatoms. The number of hydrogen-bond donors (Lipinski definition) is 1. The lowest BCUT2D eigenvalue weighted by Gasteiger charge is -2.41. The van der Waals surface area contributed by atoms with Crippen LogP contribution < -0.4 is 10.2 Å². The van der Waals surface area contributed by atoms with Crippen LogP contribution in [0.2, 0.25) is 0 Å². The minimum absolute atomic E-state index is 0.118. The van der Waals surface area contributed by atoms with Crippen molar-refractivity contribution >= 4 is 5.69 Å². The number of nitrogens with one attached hydrogen (secondary N) is 1. The average Bonchev–Trinajstić information content (AvgIpc) is 2.52. The molecular formula is C17H25N3O. The third-order valence-electron chi connectivity index (χ3n) is 4.25.